The fraction of sp³-hybridized carbons (Fsp3) is 0.278. The number of rotatable bonds is 7. The Bertz CT molecular complexity index is 619. The van der Waals surface area contributed by atoms with E-state index in [4.69, 9.17) is 21.7 Å². The van der Waals surface area contributed by atoms with Gasteiger partial charge in [-0.2, -0.15) is 0 Å². The first kappa shape index (κ1) is 17.1. The maximum atomic E-state index is 5.70. The summed E-state index contributed by atoms with van der Waals surface area (Å²) >= 11 is 5.33. The molecule has 2 aromatic carbocycles. The highest BCUT2D eigenvalue weighted by molar-refractivity contribution is 7.80. The number of hydrogen-bond donors (Lipinski definition) is 2. The van der Waals surface area contributed by atoms with Crippen LogP contribution in [0.15, 0.2) is 54.6 Å². The van der Waals surface area contributed by atoms with E-state index < -0.39 is 0 Å². The van der Waals surface area contributed by atoms with Gasteiger partial charge in [-0.3, -0.25) is 0 Å². The Hall–Kier alpha value is -2.27. The van der Waals surface area contributed by atoms with Gasteiger partial charge in [-0.15, -0.1) is 0 Å². The van der Waals surface area contributed by atoms with E-state index >= 15 is 0 Å². The van der Waals surface area contributed by atoms with Crippen molar-refractivity contribution in [2.24, 2.45) is 0 Å². The molecule has 0 aromatic heterocycles. The third-order valence-electron chi connectivity index (χ3n) is 3.02. The number of anilines is 1. The minimum Gasteiger partial charge on any atom is -0.494 e. The van der Waals surface area contributed by atoms with Crippen LogP contribution in [0.4, 0.5) is 5.69 Å². The summed E-state index contributed by atoms with van der Waals surface area (Å²) < 4.78 is 11.2. The van der Waals surface area contributed by atoms with Crippen LogP contribution < -0.4 is 20.1 Å². The molecule has 5 heteroatoms. The largest absolute Gasteiger partial charge is 0.494 e. The third-order valence-corrected chi connectivity index (χ3v) is 3.24. The normalized spacial score (nSPS) is 11.4. The Kier molecular flexibility index (Phi) is 6.69. The van der Waals surface area contributed by atoms with Crippen molar-refractivity contribution < 1.29 is 9.47 Å². The summed E-state index contributed by atoms with van der Waals surface area (Å²) in [5, 5.41) is 6.92. The minimum atomic E-state index is 0.0882. The van der Waals surface area contributed by atoms with Crippen molar-refractivity contribution in [3.63, 3.8) is 0 Å². The van der Waals surface area contributed by atoms with E-state index in [-0.39, 0.29) is 6.04 Å². The standard InChI is InChI=1S/C18H22N2O2S/c1-3-21-17-11-7-8-15(12-17)20-18(23)19-14(2)13-22-16-9-5-4-6-10-16/h4-12,14H,3,13H2,1-2H3,(H2,19,20,23)/t14-/m0/s1. The Morgan fingerprint density at radius 3 is 2.52 bits per heavy atom. The van der Waals surface area contributed by atoms with Crippen molar-refractivity contribution in [2.45, 2.75) is 19.9 Å². The predicted molar refractivity (Wildman–Crippen MR) is 98.4 cm³/mol. The monoisotopic (exact) mass is 330 g/mol. The fourth-order valence-electron chi connectivity index (χ4n) is 2.00. The first-order chi connectivity index (χ1) is 11.2. The molecule has 0 bridgehead atoms. The van der Waals surface area contributed by atoms with Crippen LogP contribution in [0, 0.1) is 0 Å². The van der Waals surface area contributed by atoms with Crippen LogP contribution in [-0.4, -0.2) is 24.4 Å². The molecular weight excluding hydrogens is 308 g/mol. The van der Waals surface area contributed by atoms with E-state index in [0.717, 1.165) is 17.2 Å². The zero-order valence-corrected chi connectivity index (χ0v) is 14.2. The van der Waals surface area contributed by atoms with E-state index in [1.165, 1.54) is 0 Å². The number of thiocarbonyl (C=S) groups is 1. The molecule has 0 spiro atoms. The SMILES string of the molecule is CCOc1cccc(NC(=S)N[C@@H](C)COc2ccccc2)c1. The molecule has 4 nitrogen and oxygen atoms in total. The smallest absolute Gasteiger partial charge is 0.171 e. The minimum absolute atomic E-state index is 0.0882. The highest BCUT2D eigenvalue weighted by atomic mass is 32.1. The first-order valence-corrected chi connectivity index (χ1v) is 8.06. The maximum Gasteiger partial charge on any atom is 0.171 e. The van der Waals surface area contributed by atoms with Crippen molar-refractivity contribution in [2.75, 3.05) is 18.5 Å². The van der Waals surface area contributed by atoms with Crippen LogP contribution >= 0.6 is 12.2 Å². The molecule has 23 heavy (non-hydrogen) atoms. The molecule has 122 valence electrons. The van der Waals surface area contributed by atoms with Gasteiger partial charge in [0.1, 0.15) is 18.1 Å². The summed E-state index contributed by atoms with van der Waals surface area (Å²) in [7, 11) is 0. The second-order valence-electron chi connectivity index (χ2n) is 5.08. The Morgan fingerprint density at radius 2 is 1.78 bits per heavy atom. The van der Waals surface area contributed by atoms with Crippen molar-refractivity contribution in [3.8, 4) is 11.5 Å². The summed E-state index contributed by atoms with van der Waals surface area (Å²) in [6, 6.07) is 17.5. The molecule has 2 rings (SSSR count). The van der Waals surface area contributed by atoms with Gasteiger partial charge < -0.3 is 20.1 Å². The summed E-state index contributed by atoms with van der Waals surface area (Å²) in [4.78, 5) is 0. The highest BCUT2D eigenvalue weighted by Gasteiger charge is 2.06. The predicted octanol–water partition coefficient (Wildman–Crippen LogP) is 3.84. The average Bonchev–Trinajstić information content (AvgIpc) is 2.54. The van der Waals surface area contributed by atoms with E-state index in [9.17, 15) is 0 Å². The maximum absolute atomic E-state index is 5.70. The second kappa shape index (κ2) is 9.00. The number of ether oxygens (including phenoxy) is 2. The summed E-state index contributed by atoms with van der Waals surface area (Å²) in [6.45, 7) is 5.15. The quantitative estimate of drug-likeness (QED) is 0.755. The number of benzene rings is 2. The molecule has 0 aliphatic rings. The van der Waals surface area contributed by atoms with Gasteiger partial charge in [-0.1, -0.05) is 24.3 Å². The van der Waals surface area contributed by atoms with Gasteiger partial charge in [0.15, 0.2) is 5.11 Å². The van der Waals surface area contributed by atoms with Gasteiger partial charge in [0, 0.05) is 11.8 Å². The van der Waals surface area contributed by atoms with Crippen molar-refractivity contribution >= 4 is 23.0 Å². The number of para-hydroxylation sites is 1. The molecule has 2 N–H and O–H groups in total. The van der Waals surface area contributed by atoms with Gasteiger partial charge >= 0.3 is 0 Å². The van der Waals surface area contributed by atoms with Crippen LogP contribution in [-0.2, 0) is 0 Å². The average molecular weight is 330 g/mol. The lowest BCUT2D eigenvalue weighted by Crippen LogP contribution is -2.39. The molecule has 0 saturated heterocycles. The van der Waals surface area contributed by atoms with Crippen LogP contribution in [0.5, 0.6) is 11.5 Å². The molecule has 0 fully saturated rings. The summed E-state index contributed by atoms with van der Waals surface area (Å²) in [6.07, 6.45) is 0. The van der Waals surface area contributed by atoms with E-state index in [1.807, 2.05) is 68.4 Å². The zero-order chi connectivity index (χ0) is 16.5. The van der Waals surface area contributed by atoms with Crippen LogP contribution in [0.2, 0.25) is 0 Å². The lowest BCUT2D eigenvalue weighted by atomic mass is 10.3. The molecule has 0 radical (unpaired) electrons. The van der Waals surface area contributed by atoms with E-state index in [2.05, 4.69) is 10.6 Å². The number of nitrogens with one attached hydrogen (secondary N) is 2. The van der Waals surface area contributed by atoms with Gasteiger partial charge in [-0.05, 0) is 50.3 Å². The second-order valence-corrected chi connectivity index (χ2v) is 5.49. The van der Waals surface area contributed by atoms with Gasteiger partial charge in [0.25, 0.3) is 0 Å². The Balaban J connectivity index is 1.78. The molecule has 2 aromatic rings. The van der Waals surface area contributed by atoms with Crippen LogP contribution in [0.1, 0.15) is 13.8 Å². The van der Waals surface area contributed by atoms with Crippen molar-refractivity contribution in [1.29, 1.82) is 0 Å². The van der Waals surface area contributed by atoms with E-state index in [1.54, 1.807) is 0 Å². The zero-order valence-electron chi connectivity index (χ0n) is 13.4. The summed E-state index contributed by atoms with van der Waals surface area (Å²) in [5.41, 5.74) is 0.893. The van der Waals surface area contributed by atoms with E-state index in [0.29, 0.717) is 18.3 Å². The molecular formula is C18H22N2O2S. The van der Waals surface area contributed by atoms with Gasteiger partial charge in [0.05, 0.1) is 12.6 Å². The lowest BCUT2D eigenvalue weighted by molar-refractivity contribution is 0.287. The fourth-order valence-corrected chi connectivity index (χ4v) is 2.32. The van der Waals surface area contributed by atoms with Crippen molar-refractivity contribution in [3.05, 3.63) is 54.6 Å². The van der Waals surface area contributed by atoms with Crippen LogP contribution in [0.3, 0.4) is 0 Å². The van der Waals surface area contributed by atoms with Gasteiger partial charge in [-0.25, -0.2) is 0 Å². The Labute approximate surface area is 142 Å². The molecule has 0 aliphatic carbocycles. The first-order valence-electron chi connectivity index (χ1n) is 7.65. The molecule has 0 amide bonds. The lowest BCUT2D eigenvalue weighted by Gasteiger charge is -2.18. The van der Waals surface area contributed by atoms with Gasteiger partial charge in [0.2, 0.25) is 0 Å². The van der Waals surface area contributed by atoms with Crippen molar-refractivity contribution in [1.82, 2.24) is 5.32 Å². The topological polar surface area (TPSA) is 42.5 Å². The molecule has 0 saturated carbocycles. The molecule has 0 heterocycles. The third kappa shape index (κ3) is 6.16. The van der Waals surface area contributed by atoms with Crippen LogP contribution in [0.25, 0.3) is 0 Å². The molecule has 0 aliphatic heterocycles. The summed E-state index contributed by atoms with van der Waals surface area (Å²) in [5.74, 6) is 1.67. The molecule has 0 unspecified atom stereocenters. The number of hydrogen-bond acceptors (Lipinski definition) is 3. The molecule has 1 atom stereocenters. The highest BCUT2D eigenvalue weighted by Crippen LogP contribution is 2.17. The Morgan fingerprint density at radius 1 is 1.04 bits per heavy atom.